The Hall–Kier alpha value is -1.44. The molecule has 7 heteroatoms. The molecule has 2 atom stereocenters. The van der Waals surface area contributed by atoms with Gasteiger partial charge in [0.1, 0.15) is 0 Å². The van der Waals surface area contributed by atoms with Gasteiger partial charge in [0.05, 0.1) is 13.2 Å². The van der Waals surface area contributed by atoms with E-state index < -0.39 is 30.4 Å². The molecule has 2 rings (SSSR count). The molecule has 20 heavy (non-hydrogen) atoms. The van der Waals surface area contributed by atoms with Gasteiger partial charge in [0.2, 0.25) is 0 Å². The Labute approximate surface area is 120 Å². The highest BCUT2D eigenvalue weighted by atomic mass is 32.1. The lowest BCUT2D eigenvalue weighted by Crippen LogP contribution is -2.39. The van der Waals surface area contributed by atoms with E-state index in [2.05, 4.69) is 0 Å². The maximum atomic E-state index is 11.8. The molecule has 0 amide bonds. The summed E-state index contributed by atoms with van der Waals surface area (Å²) in [7, 11) is 0. The van der Waals surface area contributed by atoms with E-state index in [1.807, 2.05) is 16.8 Å². The minimum Gasteiger partial charge on any atom is -0.464 e. The van der Waals surface area contributed by atoms with Crippen molar-refractivity contribution in [3.05, 3.63) is 22.4 Å². The molecule has 0 spiro atoms. The van der Waals surface area contributed by atoms with Gasteiger partial charge in [-0.2, -0.15) is 11.3 Å². The van der Waals surface area contributed by atoms with Crippen LogP contribution >= 0.6 is 11.3 Å². The first-order valence-corrected chi connectivity index (χ1v) is 7.28. The van der Waals surface area contributed by atoms with Gasteiger partial charge < -0.3 is 18.9 Å². The van der Waals surface area contributed by atoms with Crippen LogP contribution < -0.4 is 0 Å². The number of hydrogen-bond donors (Lipinski definition) is 0. The maximum absolute atomic E-state index is 11.8. The second-order valence-electron chi connectivity index (χ2n) is 4.01. The van der Waals surface area contributed by atoms with E-state index in [1.165, 1.54) is 11.3 Å². The van der Waals surface area contributed by atoms with Gasteiger partial charge in [-0.25, -0.2) is 9.59 Å². The van der Waals surface area contributed by atoms with Crippen LogP contribution in [0.15, 0.2) is 16.8 Å². The van der Waals surface area contributed by atoms with Gasteiger partial charge >= 0.3 is 11.9 Å². The number of rotatable bonds is 5. The molecule has 0 aliphatic carbocycles. The summed E-state index contributed by atoms with van der Waals surface area (Å²) in [4.78, 5) is 23.7. The van der Waals surface area contributed by atoms with E-state index in [9.17, 15) is 9.59 Å². The molecule has 6 nitrogen and oxygen atoms in total. The van der Waals surface area contributed by atoms with Crippen LogP contribution in [0.3, 0.4) is 0 Å². The Bertz CT molecular complexity index is 431. The number of thiophene rings is 1. The molecule has 0 unspecified atom stereocenters. The van der Waals surface area contributed by atoms with Gasteiger partial charge in [-0.3, -0.25) is 0 Å². The number of hydrogen-bond acceptors (Lipinski definition) is 7. The summed E-state index contributed by atoms with van der Waals surface area (Å²) >= 11 is 1.47. The Morgan fingerprint density at radius 3 is 2.10 bits per heavy atom. The number of carbonyl (C=O) groups excluding carboxylic acids is 2. The lowest BCUT2D eigenvalue weighted by Gasteiger charge is -2.13. The van der Waals surface area contributed by atoms with E-state index >= 15 is 0 Å². The van der Waals surface area contributed by atoms with Crippen LogP contribution in [0.4, 0.5) is 0 Å². The highest BCUT2D eigenvalue weighted by Gasteiger charge is 2.47. The fraction of sp³-hybridized carbons (Fsp3) is 0.538. The van der Waals surface area contributed by atoms with Crippen molar-refractivity contribution in [3.63, 3.8) is 0 Å². The summed E-state index contributed by atoms with van der Waals surface area (Å²) in [5.41, 5.74) is 0.760. The van der Waals surface area contributed by atoms with Crippen LogP contribution in [-0.4, -0.2) is 37.4 Å². The van der Waals surface area contributed by atoms with Crippen molar-refractivity contribution in [1.29, 1.82) is 0 Å². The highest BCUT2D eigenvalue weighted by Crippen LogP contribution is 2.33. The normalized spacial score (nSPS) is 22.7. The molecular formula is C13H16O6S. The van der Waals surface area contributed by atoms with Crippen LogP contribution in [0, 0.1) is 0 Å². The summed E-state index contributed by atoms with van der Waals surface area (Å²) in [5, 5.41) is 3.69. The van der Waals surface area contributed by atoms with Crippen LogP contribution in [-0.2, 0) is 28.5 Å². The molecule has 0 aromatic carbocycles. The van der Waals surface area contributed by atoms with Gasteiger partial charge in [-0.05, 0) is 30.7 Å². The van der Waals surface area contributed by atoms with Crippen molar-refractivity contribution in [2.75, 3.05) is 13.2 Å². The zero-order valence-electron chi connectivity index (χ0n) is 11.2. The smallest absolute Gasteiger partial charge is 0.338 e. The zero-order chi connectivity index (χ0) is 14.5. The first-order valence-electron chi connectivity index (χ1n) is 6.33. The van der Waals surface area contributed by atoms with Gasteiger partial charge in [0, 0.05) is 5.56 Å². The van der Waals surface area contributed by atoms with Crippen molar-refractivity contribution in [2.24, 2.45) is 0 Å². The molecule has 1 fully saturated rings. The number of carbonyl (C=O) groups is 2. The van der Waals surface area contributed by atoms with Crippen molar-refractivity contribution >= 4 is 23.3 Å². The SMILES string of the molecule is CCOC(=O)[C@@H]1OC(c2ccsc2)O[C@H]1C(=O)OCC. The van der Waals surface area contributed by atoms with Crippen molar-refractivity contribution in [3.8, 4) is 0 Å². The molecule has 1 saturated heterocycles. The number of ether oxygens (including phenoxy) is 4. The quantitative estimate of drug-likeness (QED) is 0.770. The Morgan fingerprint density at radius 1 is 1.15 bits per heavy atom. The Balaban J connectivity index is 2.13. The first-order chi connectivity index (χ1) is 9.67. The monoisotopic (exact) mass is 300 g/mol. The minimum atomic E-state index is -1.10. The largest absolute Gasteiger partial charge is 0.464 e. The van der Waals surface area contributed by atoms with Crippen LogP contribution in [0.5, 0.6) is 0 Å². The second kappa shape index (κ2) is 6.83. The average Bonchev–Trinajstić information content (AvgIpc) is 3.08. The molecule has 0 bridgehead atoms. The van der Waals surface area contributed by atoms with E-state index in [-0.39, 0.29) is 13.2 Å². The third-order valence-electron chi connectivity index (χ3n) is 2.67. The zero-order valence-corrected chi connectivity index (χ0v) is 12.1. The summed E-state index contributed by atoms with van der Waals surface area (Å²) in [6.45, 7) is 3.78. The molecule has 1 aromatic heterocycles. The molecule has 0 radical (unpaired) electrons. The van der Waals surface area contributed by atoms with Crippen LogP contribution in [0.25, 0.3) is 0 Å². The van der Waals surface area contributed by atoms with E-state index in [4.69, 9.17) is 18.9 Å². The topological polar surface area (TPSA) is 71.1 Å². The average molecular weight is 300 g/mol. The van der Waals surface area contributed by atoms with Gasteiger partial charge in [-0.1, -0.05) is 0 Å². The molecule has 0 N–H and O–H groups in total. The Kier molecular flexibility index (Phi) is 5.11. The van der Waals surface area contributed by atoms with Gasteiger partial charge in [-0.15, -0.1) is 0 Å². The molecular weight excluding hydrogens is 284 g/mol. The lowest BCUT2D eigenvalue weighted by molar-refractivity contribution is -0.163. The summed E-state index contributed by atoms with van der Waals surface area (Å²) in [5.74, 6) is -1.24. The molecule has 1 aliphatic heterocycles. The molecule has 110 valence electrons. The standard InChI is InChI=1S/C13H16O6S/c1-3-16-11(14)9-10(12(15)17-4-2)19-13(18-9)8-5-6-20-7-8/h5-7,9-10,13H,3-4H2,1-2H3/t9-,10-/m1/s1. The summed E-state index contributed by atoms with van der Waals surface area (Å²) in [6, 6.07) is 1.81. The maximum Gasteiger partial charge on any atom is 0.338 e. The van der Waals surface area contributed by atoms with Crippen molar-refractivity contribution in [1.82, 2.24) is 0 Å². The molecule has 1 aliphatic rings. The van der Waals surface area contributed by atoms with Crippen LogP contribution in [0.1, 0.15) is 25.7 Å². The molecule has 2 heterocycles. The first kappa shape index (κ1) is 15.0. The number of esters is 2. The molecule has 1 aromatic rings. The predicted molar refractivity (Wildman–Crippen MR) is 70.1 cm³/mol. The van der Waals surface area contributed by atoms with E-state index in [0.717, 1.165) is 5.56 Å². The summed E-state index contributed by atoms with van der Waals surface area (Å²) in [6.07, 6.45) is -2.96. The fourth-order valence-electron chi connectivity index (χ4n) is 1.81. The lowest BCUT2D eigenvalue weighted by atomic mass is 10.2. The van der Waals surface area contributed by atoms with Crippen LogP contribution in [0.2, 0.25) is 0 Å². The van der Waals surface area contributed by atoms with Gasteiger partial charge in [0.25, 0.3) is 0 Å². The predicted octanol–water partition coefficient (Wildman–Crippen LogP) is 1.66. The molecule has 0 saturated carbocycles. The third-order valence-corrected chi connectivity index (χ3v) is 3.37. The second-order valence-corrected chi connectivity index (χ2v) is 4.79. The van der Waals surface area contributed by atoms with Crippen molar-refractivity contribution < 1.29 is 28.5 Å². The Morgan fingerprint density at radius 2 is 1.70 bits per heavy atom. The highest BCUT2D eigenvalue weighted by molar-refractivity contribution is 7.07. The third kappa shape index (κ3) is 3.17. The van der Waals surface area contributed by atoms with E-state index in [0.29, 0.717) is 0 Å². The van der Waals surface area contributed by atoms with Crippen molar-refractivity contribution in [2.45, 2.75) is 32.3 Å². The summed E-state index contributed by atoms with van der Waals surface area (Å²) < 4.78 is 20.8. The van der Waals surface area contributed by atoms with E-state index in [1.54, 1.807) is 13.8 Å². The minimum absolute atomic E-state index is 0.206. The van der Waals surface area contributed by atoms with Gasteiger partial charge in [0.15, 0.2) is 18.5 Å². The fourth-order valence-corrected chi connectivity index (χ4v) is 2.48.